The summed E-state index contributed by atoms with van der Waals surface area (Å²) >= 11 is 0. The van der Waals surface area contributed by atoms with E-state index in [1.807, 2.05) is 21.0 Å². The third-order valence-electron chi connectivity index (χ3n) is 2.77. The molecular formula is C12H26N2O2. The predicted octanol–water partition coefficient (Wildman–Crippen LogP) is 1.56. The normalized spacial score (nSPS) is 15.1. The fraction of sp³-hybridized carbons (Fsp3) is 0.917. The minimum atomic E-state index is -0.762. The number of hydrogen-bond donors (Lipinski definition) is 2. The van der Waals surface area contributed by atoms with Crippen molar-refractivity contribution in [3.8, 4) is 0 Å². The van der Waals surface area contributed by atoms with Crippen LogP contribution in [0.15, 0.2) is 0 Å². The summed E-state index contributed by atoms with van der Waals surface area (Å²) in [7, 11) is 4.07. The summed E-state index contributed by atoms with van der Waals surface area (Å²) in [6.45, 7) is 5.60. The SMILES string of the molecule is CCCNC(C)(CCCCN(C)C)C(=O)O. The van der Waals surface area contributed by atoms with Gasteiger partial charge < -0.3 is 15.3 Å². The van der Waals surface area contributed by atoms with Crippen LogP contribution in [-0.2, 0) is 4.79 Å². The van der Waals surface area contributed by atoms with Gasteiger partial charge in [-0.05, 0) is 59.8 Å². The molecule has 1 atom stereocenters. The van der Waals surface area contributed by atoms with Crippen molar-refractivity contribution in [3.63, 3.8) is 0 Å². The summed E-state index contributed by atoms with van der Waals surface area (Å²) in [4.78, 5) is 13.3. The monoisotopic (exact) mass is 230 g/mol. The van der Waals surface area contributed by atoms with Crippen molar-refractivity contribution in [2.24, 2.45) is 0 Å². The molecule has 0 saturated carbocycles. The van der Waals surface area contributed by atoms with Crippen molar-refractivity contribution >= 4 is 5.97 Å². The molecular weight excluding hydrogens is 204 g/mol. The van der Waals surface area contributed by atoms with Gasteiger partial charge in [-0.15, -0.1) is 0 Å². The highest BCUT2D eigenvalue weighted by Crippen LogP contribution is 2.14. The lowest BCUT2D eigenvalue weighted by Crippen LogP contribution is -2.49. The average Bonchev–Trinajstić information content (AvgIpc) is 2.21. The molecule has 4 nitrogen and oxygen atoms in total. The number of carboxylic acids is 1. The molecule has 16 heavy (non-hydrogen) atoms. The maximum Gasteiger partial charge on any atom is 0.323 e. The first-order valence-electron chi connectivity index (χ1n) is 6.05. The molecule has 96 valence electrons. The van der Waals surface area contributed by atoms with E-state index >= 15 is 0 Å². The molecule has 0 bridgehead atoms. The molecule has 0 heterocycles. The van der Waals surface area contributed by atoms with Gasteiger partial charge in [-0.2, -0.15) is 0 Å². The van der Waals surface area contributed by atoms with Crippen molar-refractivity contribution < 1.29 is 9.90 Å². The summed E-state index contributed by atoms with van der Waals surface area (Å²) in [5, 5.41) is 12.3. The largest absolute Gasteiger partial charge is 0.480 e. The standard InChI is InChI=1S/C12H26N2O2/c1-5-9-13-12(2,11(15)16)8-6-7-10-14(3)4/h13H,5-10H2,1-4H3,(H,15,16). The zero-order chi connectivity index (χ0) is 12.6. The quantitative estimate of drug-likeness (QED) is 0.590. The first kappa shape index (κ1) is 15.4. The topological polar surface area (TPSA) is 52.6 Å². The fourth-order valence-electron chi connectivity index (χ4n) is 1.58. The number of aliphatic carboxylic acids is 1. The van der Waals surface area contributed by atoms with Crippen molar-refractivity contribution in [1.82, 2.24) is 10.2 Å². The lowest BCUT2D eigenvalue weighted by atomic mass is 9.94. The molecule has 0 radical (unpaired) electrons. The second-order valence-corrected chi connectivity index (χ2v) is 4.82. The van der Waals surface area contributed by atoms with E-state index in [2.05, 4.69) is 10.2 Å². The van der Waals surface area contributed by atoms with E-state index in [1.165, 1.54) is 0 Å². The van der Waals surface area contributed by atoms with E-state index in [-0.39, 0.29) is 0 Å². The Balaban J connectivity index is 3.98. The van der Waals surface area contributed by atoms with Gasteiger partial charge in [0.15, 0.2) is 0 Å². The number of carboxylic acid groups (broad SMARTS) is 1. The summed E-state index contributed by atoms with van der Waals surface area (Å²) < 4.78 is 0. The minimum Gasteiger partial charge on any atom is -0.480 e. The molecule has 0 saturated heterocycles. The van der Waals surface area contributed by atoms with Crippen molar-refractivity contribution in [3.05, 3.63) is 0 Å². The van der Waals surface area contributed by atoms with E-state index in [1.54, 1.807) is 6.92 Å². The molecule has 0 aliphatic heterocycles. The zero-order valence-electron chi connectivity index (χ0n) is 11.0. The van der Waals surface area contributed by atoms with Crippen LogP contribution in [-0.4, -0.2) is 48.7 Å². The second-order valence-electron chi connectivity index (χ2n) is 4.82. The van der Waals surface area contributed by atoms with Gasteiger partial charge in [0.25, 0.3) is 0 Å². The summed E-state index contributed by atoms with van der Waals surface area (Å²) in [5.41, 5.74) is -0.762. The van der Waals surface area contributed by atoms with Crippen molar-refractivity contribution in [2.45, 2.75) is 45.1 Å². The van der Waals surface area contributed by atoms with Gasteiger partial charge in [0, 0.05) is 0 Å². The van der Waals surface area contributed by atoms with Gasteiger partial charge in [-0.25, -0.2) is 0 Å². The van der Waals surface area contributed by atoms with E-state index in [0.29, 0.717) is 6.42 Å². The molecule has 0 aliphatic rings. The number of nitrogens with zero attached hydrogens (tertiary/aromatic N) is 1. The van der Waals surface area contributed by atoms with Gasteiger partial charge in [-0.3, -0.25) is 4.79 Å². The van der Waals surface area contributed by atoms with E-state index < -0.39 is 11.5 Å². The number of hydrogen-bond acceptors (Lipinski definition) is 3. The van der Waals surface area contributed by atoms with Gasteiger partial charge >= 0.3 is 5.97 Å². The van der Waals surface area contributed by atoms with Crippen LogP contribution < -0.4 is 5.32 Å². The molecule has 1 unspecified atom stereocenters. The molecule has 0 aromatic heterocycles. The minimum absolute atomic E-state index is 0.691. The summed E-state index contributed by atoms with van der Waals surface area (Å²) in [6, 6.07) is 0. The predicted molar refractivity (Wildman–Crippen MR) is 66.7 cm³/mol. The molecule has 0 fully saturated rings. The van der Waals surface area contributed by atoms with Crippen LogP contribution in [0.2, 0.25) is 0 Å². The second kappa shape index (κ2) is 7.63. The van der Waals surface area contributed by atoms with Gasteiger partial charge in [0.1, 0.15) is 5.54 Å². The highest BCUT2D eigenvalue weighted by atomic mass is 16.4. The molecule has 2 N–H and O–H groups in total. The Morgan fingerprint density at radius 1 is 1.38 bits per heavy atom. The Kier molecular flexibility index (Phi) is 7.34. The van der Waals surface area contributed by atoms with Gasteiger partial charge in [0.05, 0.1) is 0 Å². The van der Waals surface area contributed by atoms with E-state index in [0.717, 1.165) is 32.4 Å². The van der Waals surface area contributed by atoms with Gasteiger partial charge in [0.2, 0.25) is 0 Å². The van der Waals surface area contributed by atoms with Crippen LogP contribution in [0, 0.1) is 0 Å². The summed E-state index contributed by atoms with van der Waals surface area (Å²) in [6.07, 6.45) is 3.64. The van der Waals surface area contributed by atoms with E-state index in [9.17, 15) is 9.90 Å². The van der Waals surface area contributed by atoms with Gasteiger partial charge in [-0.1, -0.05) is 6.92 Å². The first-order valence-corrected chi connectivity index (χ1v) is 6.05. The maximum atomic E-state index is 11.2. The molecule has 0 aliphatic carbocycles. The highest BCUT2D eigenvalue weighted by Gasteiger charge is 2.31. The molecule has 0 rings (SSSR count). The van der Waals surface area contributed by atoms with Crippen LogP contribution in [0.1, 0.15) is 39.5 Å². The zero-order valence-corrected chi connectivity index (χ0v) is 11.0. The Hall–Kier alpha value is -0.610. The van der Waals surface area contributed by atoms with Crippen molar-refractivity contribution in [1.29, 1.82) is 0 Å². The Bertz CT molecular complexity index is 207. The van der Waals surface area contributed by atoms with Crippen molar-refractivity contribution in [2.75, 3.05) is 27.2 Å². The first-order chi connectivity index (χ1) is 7.42. The lowest BCUT2D eigenvalue weighted by molar-refractivity contribution is -0.144. The Morgan fingerprint density at radius 3 is 2.44 bits per heavy atom. The third-order valence-corrected chi connectivity index (χ3v) is 2.77. The van der Waals surface area contributed by atoms with Crippen LogP contribution >= 0.6 is 0 Å². The third kappa shape index (κ3) is 6.08. The molecule has 4 heteroatoms. The van der Waals surface area contributed by atoms with Crippen LogP contribution in [0.3, 0.4) is 0 Å². The van der Waals surface area contributed by atoms with E-state index in [4.69, 9.17) is 0 Å². The van der Waals surface area contributed by atoms with Crippen LogP contribution in [0.25, 0.3) is 0 Å². The molecule has 0 amide bonds. The summed E-state index contributed by atoms with van der Waals surface area (Å²) in [5.74, 6) is -0.745. The maximum absolute atomic E-state index is 11.2. The molecule has 0 aromatic carbocycles. The van der Waals surface area contributed by atoms with Crippen LogP contribution in [0.5, 0.6) is 0 Å². The number of carbonyl (C=O) groups is 1. The number of rotatable bonds is 9. The fourth-order valence-corrected chi connectivity index (χ4v) is 1.58. The average molecular weight is 230 g/mol. The Morgan fingerprint density at radius 2 is 2.00 bits per heavy atom. The number of nitrogens with one attached hydrogen (secondary N) is 1. The Labute approximate surface area is 99.0 Å². The highest BCUT2D eigenvalue weighted by molar-refractivity contribution is 5.78. The van der Waals surface area contributed by atoms with Crippen LogP contribution in [0.4, 0.5) is 0 Å². The smallest absolute Gasteiger partial charge is 0.323 e. The molecule has 0 spiro atoms. The number of unbranched alkanes of at least 4 members (excludes halogenated alkanes) is 1. The lowest BCUT2D eigenvalue weighted by Gasteiger charge is -2.26. The molecule has 0 aromatic rings.